The number of nitrogens with one attached hydrogen (secondary N) is 1. The molecule has 0 heterocycles. The summed E-state index contributed by atoms with van der Waals surface area (Å²) in [5.41, 5.74) is 9.20. The van der Waals surface area contributed by atoms with Crippen molar-refractivity contribution in [1.29, 1.82) is 0 Å². The molecule has 0 saturated carbocycles. The monoisotopic (exact) mass is 231 g/mol. The quantitative estimate of drug-likeness (QED) is 0.352. The molecule has 96 valence electrons. The van der Waals surface area contributed by atoms with Crippen LogP contribution in [-0.2, 0) is 4.79 Å². The number of rotatable bonds is 7. The molecule has 0 aromatic rings. The lowest BCUT2D eigenvalue weighted by Gasteiger charge is -2.05. The zero-order valence-corrected chi connectivity index (χ0v) is 10.8. The van der Waals surface area contributed by atoms with Gasteiger partial charge < -0.3 is 16.3 Å². The van der Waals surface area contributed by atoms with E-state index >= 15 is 0 Å². The summed E-state index contributed by atoms with van der Waals surface area (Å²) < 4.78 is 0. The highest BCUT2D eigenvalue weighted by molar-refractivity contribution is 5.78. The van der Waals surface area contributed by atoms with Crippen LogP contribution in [0.3, 0.4) is 0 Å². The van der Waals surface area contributed by atoms with Gasteiger partial charge >= 0.3 is 5.97 Å². The van der Waals surface area contributed by atoms with Gasteiger partial charge in [-0.3, -0.25) is 4.79 Å². The summed E-state index contributed by atoms with van der Waals surface area (Å²) in [5.74, 6) is -0.930. The van der Waals surface area contributed by atoms with Crippen LogP contribution in [0.15, 0.2) is 5.10 Å². The Morgan fingerprint density at radius 1 is 1.38 bits per heavy atom. The Bertz CT molecular complexity index is 201. The van der Waals surface area contributed by atoms with Crippen molar-refractivity contribution in [3.05, 3.63) is 0 Å². The number of carboxylic acid groups (broad SMARTS) is 1. The highest BCUT2D eigenvalue weighted by atomic mass is 16.4. The summed E-state index contributed by atoms with van der Waals surface area (Å²) in [6, 6.07) is -0.730. The van der Waals surface area contributed by atoms with Gasteiger partial charge in [0, 0.05) is 12.3 Å². The van der Waals surface area contributed by atoms with Gasteiger partial charge in [0.1, 0.15) is 6.04 Å². The Kier molecular flexibility index (Phi) is 12.9. The lowest BCUT2D eigenvalue weighted by Crippen LogP contribution is -2.29. The van der Waals surface area contributed by atoms with Crippen molar-refractivity contribution >= 4 is 11.7 Å². The van der Waals surface area contributed by atoms with E-state index in [-0.39, 0.29) is 0 Å². The summed E-state index contributed by atoms with van der Waals surface area (Å²) in [5, 5.41) is 12.5. The molecule has 1 unspecified atom stereocenters. The molecule has 0 rings (SSSR count). The maximum atomic E-state index is 10.3. The van der Waals surface area contributed by atoms with Crippen LogP contribution in [0.4, 0.5) is 0 Å². The molecule has 16 heavy (non-hydrogen) atoms. The van der Waals surface area contributed by atoms with Crippen molar-refractivity contribution in [2.75, 3.05) is 6.54 Å². The first-order chi connectivity index (χ1) is 7.54. The SMILES string of the molecule is CC.CC(C)=NNCCCCC(N)C(=O)O. The molecule has 0 aliphatic carbocycles. The molecule has 5 heteroatoms. The minimum absolute atomic E-state index is 0.520. The van der Waals surface area contributed by atoms with Gasteiger partial charge in [-0.15, -0.1) is 0 Å². The van der Waals surface area contributed by atoms with E-state index in [1.165, 1.54) is 0 Å². The fourth-order valence-corrected chi connectivity index (χ4v) is 0.906. The summed E-state index contributed by atoms with van der Waals surface area (Å²) in [6.07, 6.45) is 2.21. The van der Waals surface area contributed by atoms with Crippen LogP contribution in [0.5, 0.6) is 0 Å². The van der Waals surface area contributed by atoms with Gasteiger partial charge in [-0.1, -0.05) is 13.8 Å². The normalized spacial score (nSPS) is 10.8. The lowest BCUT2D eigenvalue weighted by atomic mass is 10.1. The van der Waals surface area contributed by atoms with Gasteiger partial charge in [-0.25, -0.2) is 0 Å². The van der Waals surface area contributed by atoms with Crippen molar-refractivity contribution in [2.24, 2.45) is 10.8 Å². The first kappa shape index (κ1) is 17.3. The van der Waals surface area contributed by atoms with Gasteiger partial charge in [0.05, 0.1) is 0 Å². The maximum absolute atomic E-state index is 10.3. The van der Waals surface area contributed by atoms with Crippen molar-refractivity contribution in [2.45, 2.75) is 53.0 Å². The molecular weight excluding hydrogens is 206 g/mol. The fraction of sp³-hybridized carbons (Fsp3) is 0.818. The summed E-state index contributed by atoms with van der Waals surface area (Å²) in [6.45, 7) is 8.58. The minimum Gasteiger partial charge on any atom is -0.480 e. The number of hydrazone groups is 1. The second-order valence-corrected chi connectivity index (χ2v) is 3.41. The van der Waals surface area contributed by atoms with Crippen molar-refractivity contribution in [3.63, 3.8) is 0 Å². The number of hydrogen-bond acceptors (Lipinski definition) is 4. The van der Waals surface area contributed by atoms with Crippen molar-refractivity contribution in [3.8, 4) is 0 Å². The highest BCUT2D eigenvalue weighted by Gasteiger charge is 2.09. The van der Waals surface area contributed by atoms with E-state index < -0.39 is 12.0 Å². The Labute approximate surface area is 98.1 Å². The Balaban J connectivity index is 0. The molecule has 5 nitrogen and oxygen atoms in total. The molecule has 4 N–H and O–H groups in total. The smallest absolute Gasteiger partial charge is 0.320 e. The molecule has 0 aromatic heterocycles. The van der Waals surface area contributed by atoms with E-state index in [2.05, 4.69) is 10.5 Å². The predicted octanol–water partition coefficient (Wildman–Crippen LogP) is 1.58. The van der Waals surface area contributed by atoms with Gasteiger partial charge in [0.25, 0.3) is 0 Å². The number of nitrogens with zero attached hydrogens (tertiary/aromatic N) is 1. The average molecular weight is 231 g/mol. The number of nitrogens with two attached hydrogens (primary N) is 1. The lowest BCUT2D eigenvalue weighted by molar-refractivity contribution is -0.138. The van der Waals surface area contributed by atoms with E-state index in [1.54, 1.807) is 0 Å². The number of aliphatic carboxylic acids is 1. The standard InChI is InChI=1S/C9H19N3O2.C2H6/c1-7(2)12-11-6-4-3-5-8(10)9(13)14;1-2/h8,11H,3-6,10H2,1-2H3,(H,13,14);1-2H3. The second-order valence-electron chi connectivity index (χ2n) is 3.41. The van der Waals surface area contributed by atoms with Crippen molar-refractivity contribution < 1.29 is 9.90 Å². The first-order valence-corrected chi connectivity index (χ1v) is 5.76. The summed E-state index contributed by atoms with van der Waals surface area (Å²) in [7, 11) is 0. The molecule has 1 atom stereocenters. The molecule has 0 aromatic carbocycles. The Morgan fingerprint density at radius 2 is 1.94 bits per heavy atom. The van der Waals surface area contributed by atoms with Gasteiger partial charge in [0.2, 0.25) is 0 Å². The molecular formula is C11H25N3O2. The van der Waals surface area contributed by atoms with Crippen LogP contribution in [0, 0.1) is 0 Å². The van der Waals surface area contributed by atoms with Gasteiger partial charge in [-0.05, 0) is 33.1 Å². The summed E-state index contributed by atoms with van der Waals surface area (Å²) in [4.78, 5) is 10.3. The van der Waals surface area contributed by atoms with E-state index in [4.69, 9.17) is 10.8 Å². The zero-order valence-electron chi connectivity index (χ0n) is 10.8. The summed E-state index contributed by atoms with van der Waals surface area (Å²) >= 11 is 0. The van der Waals surface area contributed by atoms with Crippen molar-refractivity contribution in [1.82, 2.24) is 5.43 Å². The average Bonchev–Trinajstić information content (AvgIpc) is 2.25. The van der Waals surface area contributed by atoms with Crippen LogP contribution in [0.1, 0.15) is 47.0 Å². The third kappa shape index (κ3) is 12.9. The van der Waals surface area contributed by atoms with Crippen LogP contribution in [0.2, 0.25) is 0 Å². The van der Waals surface area contributed by atoms with Gasteiger partial charge in [0.15, 0.2) is 0 Å². The van der Waals surface area contributed by atoms with E-state index in [0.717, 1.165) is 25.1 Å². The molecule has 0 amide bonds. The molecule has 0 radical (unpaired) electrons. The number of carbonyl (C=O) groups is 1. The third-order valence-corrected chi connectivity index (χ3v) is 1.67. The molecule has 0 aliphatic rings. The van der Waals surface area contributed by atoms with Crippen LogP contribution in [-0.4, -0.2) is 29.4 Å². The van der Waals surface area contributed by atoms with Crippen LogP contribution in [0.25, 0.3) is 0 Å². The highest BCUT2D eigenvalue weighted by Crippen LogP contribution is 1.98. The largest absolute Gasteiger partial charge is 0.480 e. The van der Waals surface area contributed by atoms with Crippen LogP contribution >= 0.6 is 0 Å². The predicted molar refractivity (Wildman–Crippen MR) is 67.6 cm³/mol. The number of unbranched alkanes of at least 4 members (excludes halogenated alkanes) is 1. The fourth-order valence-electron chi connectivity index (χ4n) is 0.906. The minimum atomic E-state index is -0.930. The second kappa shape index (κ2) is 12.0. The molecule has 0 aliphatic heterocycles. The molecule has 0 saturated heterocycles. The third-order valence-electron chi connectivity index (χ3n) is 1.67. The molecule has 0 bridgehead atoms. The Hall–Kier alpha value is -1.10. The van der Waals surface area contributed by atoms with E-state index in [9.17, 15) is 4.79 Å². The van der Waals surface area contributed by atoms with Crippen LogP contribution < -0.4 is 11.2 Å². The number of hydrogen-bond donors (Lipinski definition) is 3. The zero-order chi connectivity index (χ0) is 13.0. The first-order valence-electron chi connectivity index (χ1n) is 5.76. The topological polar surface area (TPSA) is 87.7 Å². The van der Waals surface area contributed by atoms with Gasteiger partial charge in [-0.2, -0.15) is 5.10 Å². The number of carboxylic acids is 1. The molecule has 0 spiro atoms. The van der Waals surface area contributed by atoms with E-state index in [1.807, 2.05) is 27.7 Å². The van der Waals surface area contributed by atoms with E-state index in [0.29, 0.717) is 6.42 Å². The molecule has 0 fully saturated rings. The Morgan fingerprint density at radius 3 is 2.38 bits per heavy atom. The maximum Gasteiger partial charge on any atom is 0.320 e.